The molecular weight excluding hydrogens is 472 g/mol. The van der Waals surface area contributed by atoms with Crippen molar-refractivity contribution in [3.05, 3.63) is 34.8 Å². The van der Waals surface area contributed by atoms with Crippen LogP contribution in [0.3, 0.4) is 0 Å². The fourth-order valence-electron chi connectivity index (χ4n) is 3.76. The largest absolute Gasteiger partial charge is 0.480 e. The van der Waals surface area contributed by atoms with Crippen molar-refractivity contribution < 1.29 is 33.8 Å². The molecule has 1 aliphatic rings. The highest BCUT2D eigenvalue weighted by atomic mass is 16.4. The van der Waals surface area contributed by atoms with Crippen molar-refractivity contribution in [1.29, 1.82) is 5.41 Å². The molecule has 2 rings (SSSR count). The minimum Gasteiger partial charge on any atom is -0.480 e. The summed E-state index contributed by atoms with van der Waals surface area (Å²) in [7, 11) is 0. The summed E-state index contributed by atoms with van der Waals surface area (Å²) in [5, 5.41) is 31.2. The number of nitrogens with one attached hydrogen (secondary N) is 3. The number of nitrogens with zero attached hydrogens (tertiary/aromatic N) is 1. The number of carboxylic acid groups (broad SMARTS) is 2. The van der Waals surface area contributed by atoms with Crippen LogP contribution in [0.5, 0.6) is 0 Å². The quantitative estimate of drug-likeness (QED) is 0.0760. The first-order valence-corrected chi connectivity index (χ1v) is 11.7. The molecule has 36 heavy (non-hydrogen) atoms. The molecule has 2 unspecified atom stereocenters. The third-order valence-electron chi connectivity index (χ3n) is 5.64. The van der Waals surface area contributed by atoms with Gasteiger partial charge in [0.2, 0.25) is 11.8 Å². The Labute approximate surface area is 208 Å². The van der Waals surface area contributed by atoms with Gasteiger partial charge >= 0.3 is 11.9 Å². The summed E-state index contributed by atoms with van der Waals surface area (Å²) in [6.07, 6.45) is 3.30. The van der Waals surface area contributed by atoms with Gasteiger partial charge in [-0.25, -0.2) is 9.59 Å². The summed E-state index contributed by atoms with van der Waals surface area (Å²) < 4.78 is 5.51. The van der Waals surface area contributed by atoms with Gasteiger partial charge in [0.05, 0.1) is 6.04 Å². The van der Waals surface area contributed by atoms with Gasteiger partial charge in [-0.2, -0.15) is 0 Å². The molecule has 198 valence electrons. The van der Waals surface area contributed by atoms with Crippen LogP contribution in [0.1, 0.15) is 54.5 Å². The van der Waals surface area contributed by atoms with Crippen molar-refractivity contribution in [2.24, 2.45) is 11.5 Å². The van der Waals surface area contributed by atoms with Crippen molar-refractivity contribution in [2.75, 3.05) is 19.6 Å². The van der Waals surface area contributed by atoms with Crippen molar-refractivity contribution in [3.8, 4) is 0 Å². The zero-order valence-electron chi connectivity index (χ0n) is 20.2. The minimum absolute atomic E-state index is 0.0170. The van der Waals surface area contributed by atoms with Gasteiger partial charge in [-0.05, 0) is 25.3 Å². The van der Waals surface area contributed by atoms with Gasteiger partial charge in [0.1, 0.15) is 23.1 Å². The molecule has 13 nitrogen and oxygen atoms in total. The van der Waals surface area contributed by atoms with Crippen LogP contribution in [0.25, 0.3) is 0 Å². The fourth-order valence-corrected chi connectivity index (χ4v) is 3.76. The number of aliphatic carboxylic acids is 1. The van der Waals surface area contributed by atoms with Crippen LogP contribution in [-0.2, 0) is 27.2 Å². The lowest BCUT2D eigenvalue weighted by Crippen LogP contribution is -2.43. The number of carbonyl (C=O) groups is 4. The molecule has 2 atom stereocenters. The van der Waals surface area contributed by atoms with Crippen LogP contribution in [0.4, 0.5) is 0 Å². The van der Waals surface area contributed by atoms with Gasteiger partial charge in [-0.1, -0.05) is 18.6 Å². The molecule has 0 aliphatic carbocycles. The average molecular weight is 507 g/mol. The van der Waals surface area contributed by atoms with Crippen LogP contribution in [0.2, 0.25) is 0 Å². The Morgan fingerprint density at radius 3 is 2.56 bits per heavy atom. The maximum atomic E-state index is 12.2. The third kappa shape index (κ3) is 8.41. The van der Waals surface area contributed by atoms with E-state index in [-0.39, 0.29) is 54.8 Å². The fraction of sp³-hybridized carbons (Fsp3) is 0.522. The number of nitrogens with two attached hydrogens (primary N) is 2. The van der Waals surface area contributed by atoms with Crippen molar-refractivity contribution in [3.63, 3.8) is 0 Å². The molecular formula is C23H34N6O7. The predicted molar refractivity (Wildman–Crippen MR) is 129 cm³/mol. The van der Waals surface area contributed by atoms with E-state index in [0.717, 1.165) is 5.57 Å². The van der Waals surface area contributed by atoms with Crippen LogP contribution in [-0.4, -0.2) is 76.5 Å². The summed E-state index contributed by atoms with van der Waals surface area (Å²) in [6, 6.07) is -0.792. The molecule has 1 aromatic heterocycles. The standard InChI is InChI=1S/C23H34N6O7/c1-2-4-18-15(21(32)33)10-14(36-18)11-17(22(34)35)28-19(30)5-3-7-27-20(31)16(24)9-13-6-8-29(12-13)23(25)26/h6,10,16-17H,2-5,7-9,11-12,24H2,1H3,(H3,25,26)(H,27,31)(H,28,30)(H,32,33)(H,34,35). The van der Waals surface area contributed by atoms with Crippen molar-refractivity contribution >= 4 is 29.7 Å². The molecule has 0 fully saturated rings. The van der Waals surface area contributed by atoms with Crippen molar-refractivity contribution in [2.45, 2.75) is 57.5 Å². The Morgan fingerprint density at radius 1 is 1.25 bits per heavy atom. The molecule has 0 saturated heterocycles. The third-order valence-corrected chi connectivity index (χ3v) is 5.64. The normalized spacial score (nSPS) is 14.6. The number of aryl methyl sites for hydroxylation is 1. The number of hydrogen-bond donors (Lipinski definition) is 7. The topological polar surface area (TPSA) is 225 Å². The number of carboxylic acids is 2. The number of hydrogen-bond acceptors (Lipinski definition) is 7. The predicted octanol–water partition coefficient (Wildman–Crippen LogP) is -0.209. The summed E-state index contributed by atoms with van der Waals surface area (Å²) >= 11 is 0. The van der Waals surface area contributed by atoms with E-state index in [2.05, 4.69) is 10.6 Å². The second kappa shape index (κ2) is 13.3. The molecule has 13 heteroatoms. The van der Waals surface area contributed by atoms with E-state index in [1.54, 1.807) is 4.90 Å². The van der Waals surface area contributed by atoms with E-state index >= 15 is 0 Å². The molecule has 0 spiro atoms. The molecule has 0 bridgehead atoms. The van der Waals surface area contributed by atoms with Gasteiger partial charge in [0.25, 0.3) is 0 Å². The highest BCUT2D eigenvalue weighted by Crippen LogP contribution is 2.19. The second-order valence-corrected chi connectivity index (χ2v) is 8.60. The molecule has 0 radical (unpaired) electrons. The molecule has 9 N–H and O–H groups in total. The Bertz CT molecular complexity index is 1020. The molecule has 1 aliphatic heterocycles. The summed E-state index contributed by atoms with van der Waals surface area (Å²) in [5.74, 6) is -2.96. The zero-order valence-corrected chi connectivity index (χ0v) is 20.2. The molecule has 2 heterocycles. The monoisotopic (exact) mass is 506 g/mol. The van der Waals surface area contributed by atoms with Gasteiger partial charge in [-0.3, -0.25) is 15.0 Å². The molecule has 1 aromatic rings. The van der Waals surface area contributed by atoms with Gasteiger partial charge in [0.15, 0.2) is 5.96 Å². The maximum absolute atomic E-state index is 12.2. The van der Waals surface area contributed by atoms with E-state index in [0.29, 0.717) is 32.4 Å². The van der Waals surface area contributed by atoms with E-state index in [1.165, 1.54) is 6.07 Å². The number of furan rings is 1. The van der Waals surface area contributed by atoms with E-state index in [4.69, 9.17) is 21.3 Å². The lowest BCUT2D eigenvalue weighted by atomic mass is 10.1. The number of amides is 2. The van der Waals surface area contributed by atoms with Gasteiger partial charge in [-0.15, -0.1) is 0 Å². The summed E-state index contributed by atoms with van der Waals surface area (Å²) in [6.45, 7) is 3.00. The van der Waals surface area contributed by atoms with Crippen molar-refractivity contribution in [1.82, 2.24) is 15.5 Å². The smallest absolute Gasteiger partial charge is 0.339 e. The summed E-state index contributed by atoms with van der Waals surface area (Å²) in [5.41, 5.74) is 12.3. The minimum atomic E-state index is -1.29. The van der Waals surface area contributed by atoms with Gasteiger partial charge < -0.3 is 41.6 Å². The highest BCUT2D eigenvalue weighted by molar-refractivity contribution is 5.89. The number of aromatic carboxylic acids is 1. The molecule has 0 saturated carbocycles. The first kappa shape index (κ1) is 28.4. The Hall–Kier alpha value is -3.87. The van der Waals surface area contributed by atoms with Crippen LogP contribution < -0.4 is 22.1 Å². The average Bonchev–Trinajstić information content (AvgIpc) is 3.43. The SMILES string of the molecule is CCCc1oc(CC(NC(=O)CCCNC(=O)C(N)CC2=CCN(C(=N)N)C2)C(=O)O)cc1C(=O)O. The highest BCUT2D eigenvalue weighted by Gasteiger charge is 2.25. The van der Waals surface area contributed by atoms with Crippen LogP contribution >= 0.6 is 0 Å². The second-order valence-electron chi connectivity index (χ2n) is 8.60. The lowest BCUT2D eigenvalue weighted by molar-refractivity contribution is -0.141. The maximum Gasteiger partial charge on any atom is 0.339 e. The number of carbonyl (C=O) groups excluding carboxylic acids is 2. The van der Waals surface area contributed by atoms with Crippen LogP contribution in [0.15, 0.2) is 22.1 Å². The lowest BCUT2D eigenvalue weighted by Gasteiger charge is -2.17. The Balaban J connectivity index is 1.76. The van der Waals surface area contributed by atoms with E-state index in [9.17, 15) is 29.4 Å². The number of rotatable bonds is 14. The summed E-state index contributed by atoms with van der Waals surface area (Å²) in [4.78, 5) is 49.1. The first-order valence-electron chi connectivity index (χ1n) is 11.7. The zero-order chi connectivity index (χ0) is 26.8. The van der Waals surface area contributed by atoms with Crippen LogP contribution in [0, 0.1) is 5.41 Å². The van der Waals surface area contributed by atoms with Gasteiger partial charge in [0, 0.05) is 38.9 Å². The van der Waals surface area contributed by atoms with E-state index < -0.39 is 29.9 Å². The molecule has 0 aromatic carbocycles. The number of guanidine groups is 1. The van der Waals surface area contributed by atoms with E-state index in [1.807, 2.05) is 13.0 Å². The Kier molecular flexibility index (Phi) is 10.5. The first-order chi connectivity index (χ1) is 17.0. The molecule has 2 amide bonds. The Morgan fingerprint density at radius 2 is 1.97 bits per heavy atom.